The largest absolute Gasteiger partial charge is 0.394 e. The van der Waals surface area contributed by atoms with Gasteiger partial charge in [0.1, 0.15) is 35.8 Å². The van der Waals surface area contributed by atoms with Crippen molar-refractivity contribution in [2.75, 3.05) is 6.61 Å². The molecule has 8 nitrogen and oxygen atoms in total. The van der Waals surface area contributed by atoms with Crippen LogP contribution >= 0.6 is 0 Å². The van der Waals surface area contributed by atoms with Crippen LogP contribution in [0.4, 0.5) is 0 Å². The number of aromatic amines is 1. The van der Waals surface area contributed by atoms with E-state index >= 15 is 0 Å². The van der Waals surface area contributed by atoms with Crippen LogP contribution in [0.5, 0.6) is 0 Å². The van der Waals surface area contributed by atoms with Crippen LogP contribution in [0.2, 0.25) is 0 Å². The fourth-order valence-corrected chi connectivity index (χ4v) is 2.06. The zero-order valence-electron chi connectivity index (χ0n) is 9.26. The quantitative estimate of drug-likeness (QED) is 0.513. The number of fused-ring (bicyclic) bond motifs is 1. The van der Waals surface area contributed by atoms with E-state index in [-0.39, 0.29) is 6.61 Å². The molecular weight excluding hydrogens is 240 g/mol. The van der Waals surface area contributed by atoms with Crippen molar-refractivity contribution in [1.82, 2.24) is 20.2 Å². The number of aliphatic hydroxyl groups is 3. The Kier molecular flexibility index (Phi) is 2.71. The molecular formula is C10H12N4O4. The van der Waals surface area contributed by atoms with Crippen molar-refractivity contribution in [3.63, 3.8) is 0 Å². The fourth-order valence-electron chi connectivity index (χ4n) is 2.06. The smallest absolute Gasteiger partial charge is 0.144 e. The number of H-pyrrole nitrogens is 1. The second kappa shape index (κ2) is 4.25. The van der Waals surface area contributed by atoms with E-state index in [1.165, 1.54) is 12.4 Å². The van der Waals surface area contributed by atoms with Crippen LogP contribution in [0.3, 0.4) is 0 Å². The first-order valence-corrected chi connectivity index (χ1v) is 5.49. The zero-order chi connectivity index (χ0) is 12.7. The molecule has 3 heterocycles. The summed E-state index contributed by atoms with van der Waals surface area (Å²) in [6.07, 6.45) is -0.892. The van der Waals surface area contributed by atoms with E-state index in [0.717, 1.165) is 0 Å². The van der Waals surface area contributed by atoms with Gasteiger partial charge in [-0.05, 0) is 0 Å². The maximum absolute atomic E-state index is 9.86. The van der Waals surface area contributed by atoms with Crippen LogP contribution in [0.25, 0.3) is 11.0 Å². The highest BCUT2D eigenvalue weighted by Crippen LogP contribution is 2.32. The van der Waals surface area contributed by atoms with Crippen LogP contribution in [0.15, 0.2) is 12.4 Å². The number of hydrogen-bond acceptors (Lipinski definition) is 7. The molecule has 18 heavy (non-hydrogen) atoms. The Hall–Kier alpha value is -1.61. The topological polar surface area (TPSA) is 124 Å². The summed E-state index contributed by atoms with van der Waals surface area (Å²) < 4.78 is 5.37. The van der Waals surface area contributed by atoms with E-state index in [1.807, 2.05) is 0 Å². The van der Waals surface area contributed by atoms with Crippen molar-refractivity contribution in [2.45, 2.75) is 24.4 Å². The van der Waals surface area contributed by atoms with Gasteiger partial charge in [-0.25, -0.2) is 4.98 Å². The Bertz CT molecular complexity index is 527. The van der Waals surface area contributed by atoms with Gasteiger partial charge in [0.2, 0.25) is 0 Å². The molecule has 3 rings (SSSR count). The molecule has 1 saturated heterocycles. The van der Waals surface area contributed by atoms with Gasteiger partial charge in [0.15, 0.2) is 0 Å². The number of imidazole rings is 1. The summed E-state index contributed by atoms with van der Waals surface area (Å²) in [6.45, 7) is -0.363. The lowest BCUT2D eigenvalue weighted by Gasteiger charge is -2.11. The number of hydrogen-bond donors (Lipinski definition) is 4. The molecule has 1 aliphatic rings. The minimum Gasteiger partial charge on any atom is -0.394 e. The van der Waals surface area contributed by atoms with E-state index in [4.69, 9.17) is 9.84 Å². The summed E-state index contributed by atoms with van der Waals surface area (Å²) in [6, 6.07) is 0. The Labute approximate surface area is 101 Å². The monoisotopic (exact) mass is 252 g/mol. The lowest BCUT2D eigenvalue weighted by atomic mass is 10.1. The van der Waals surface area contributed by atoms with E-state index in [2.05, 4.69) is 20.2 Å². The average molecular weight is 252 g/mol. The van der Waals surface area contributed by atoms with Crippen LogP contribution in [0, 0.1) is 0 Å². The van der Waals surface area contributed by atoms with Crippen LogP contribution in [-0.4, -0.2) is 60.4 Å². The third-order valence-corrected chi connectivity index (χ3v) is 3.02. The van der Waals surface area contributed by atoms with Crippen molar-refractivity contribution in [2.24, 2.45) is 0 Å². The Balaban J connectivity index is 1.95. The molecule has 0 aliphatic carbocycles. The van der Waals surface area contributed by atoms with Crippen LogP contribution in [0.1, 0.15) is 11.9 Å². The van der Waals surface area contributed by atoms with Gasteiger partial charge in [-0.2, -0.15) is 10.2 Å². The van der Waals surface area contributed by atoms with Gasteiger partial charge in [0.25, 0.3) is 0 Å². The molecule has 0 radical (unpaired) electrons. The van der Waals surface area contributed by atoms with Crippen LogP contribution < -0.4 is 0 Å². The second-order valence-corrected chi connectivity index (χ2v) is 4.17. The molecule has 0 amide bonds. The van der Waals surface area contributed by atoms with Gasteiger partial charge in [-0.3, -0.25) is 0 Å². The van der Waals surface area contributed by atoms with Crippen molar-refractivity contribution in [3.8, 4) is 0 Å². The van der Waals surface area contributed by atoms with Crippen molar-refractivity contribution in [1.29, 1.82) is 0 Å². The SMILES string of the molecule is OC[C@H]1OC(c2nc3cnncc3[nH]2)[C@H](O)[C@@H]1O. The van der Waals surface area contributed by atoms with Crippen molar-refractivity contribution in [3.05, 3.63) is 18.2 Å². The molecule has 2 aromatic heterocycles. The molecule has 0 bridgehead atoms. The first-order chi connectivity index (χ1) is 8.70. The Morgan fingerprint density at radius 1 is 1.22 bits per heavy atom. The molecule has 4 N–H and O–H groups in total. The summed E-state index contributed by atoms with van der Waals surface area (Å²) in [5.41, 5.74) is 1.26. The summed E-state index contributed by atoms with van der Waals surface area (Å²) in [5, 5.41) is 35.9. The van der Waals surface area contributed by atoms with Gasteiger partial charge in [0, 0.05) is 0 Å². The summed E-state index contributed by atoms with van der Waals surface area (Å²) in [7, 11) is 0. The van der Waals surface area contributed by atoms with Gasteiger partial charge in [-0.15, -0.1) is 0 Å². The summed E-state index contributed by atoms with van der Waals surface area (Å²) in [5.74, 6) is 0.377. The normalized spacial score (nSPS) is 32.2. The number of ether oxygens (including phenoxy) is 1. The number of nitrogens with zero attached hydrogens (tertiary/aromatic N) is 3. The summed E-state index contributed by atoms with van der Waals surface area (Å²) in [4.78, 5) is 7.15. The zero-order valence-corrected chi connectivity index (χ0v) is 9.26. The Morgan fingerprint density at radius 2 is 2.00 bits per heavy atom. The standard InChI is InChI=1S/C10H12N4O4/c15-3-6-7(16)8(17)9(18-6)10-13-4-1-11-12-2-5(4)14-10/h1-2,6-9,15-17H,3H2,(H,13,14)/t6-,7-,8-,9?/m1/s1. The average Bonchev–Trinajstić information content (AvgIpc) is 2.92. The Morgan fingerprint density at radius 3 is 2.67 bits per heavy atom. The van der Waals surface area contributed by atoms with Crippen molar-refractivity contribution >= 4 is 11.0 Å². The molecule has 1 aliphatic heterocycles. The number of rotatable bonds is 2. The maximum atomic E-state index is 9.86. The third-order valence-electron chi connectivity index (χ3n) is 3.02. The number of nitrogens with one attached hydrogen (secondary N) is 1. The predicted molar refractivity (Wildman–Crippen MR) is 58.4 cm³/mol. The maximum Gasteiger partial charge on any atom is 0.144 e. The minimum absolute atomic E-state index is 0.363. The lowest BCUT2D eigenvalue weighted by molar-refractivity contribution is -0.0249. The van der Waals surface area contributed by atoms with Gasteiger partial charge in [0.05, 0.1) is 24.5 Å². The highest BCUT2D eigenvalue weighted by molar-refractivity contribution is 5.72. The molecule has 1 unspecified atom stereocenters. The van der Waals surface area contributed by atoms with E-state index < -0.39 is 24.4 Å². The molecule has 0 aromatic carbocycles. The molecule has 4 atom stereocenters. The molecule has 0 saturated carbocycles. The highest BCUT2D eigenvalue weighted by atomic mass is 16.6. The van der Waals surface area contributed by atoms with Crippen molar-refractivity contribution < 1.29 is 20.1 Å². The number of aromatic nitrogens is 4. The van der Waals surface area contributed by atoms with Crippen LogP contribution in [-0.2, 0) is 4.74 Å². The molecule has 96 valence electrons. The first-order valence-electron chi connectivity index (χ1n) is 5.49. The minimum atomic E-state index is -1.14. The fraction of sp³-hybridized carbons (Fsp3) is 0.500. The third kappa shape index (κ3) is 1.66. The predicted octanol–water partition coefficient (Wildman–Crippen LogP) is -1.49. The molecule has 1 fully saturated rings. The first kappa shape index (κ1) is 11.5. The van der Waals surface area contributed by atoms with Gasteiger partial charge >= 0.3 is 0 Å². The molecule has 2 aromatic rings. The van der Waals surface area contributed by atoms with Gasteiger partial charge in [-0.1, -0.05) is 0 Å². The highest BCUT2D eigenvalue weighted by Gasteiger charge is 2.44. The lowest BCUT2D eigenvalue weighted by Crippen LogP contribution is -2.32. The summed E-state index contributed by atoms with van der Waals surface area (Å²) >= 11 is 0. The van der Waals surface area contributed by atoms with E-state index in [9.17, 15) is 10.2 Å². The second-order valence-electron chi connectivity index (χ2n) is 4.17. The molecule has 0 spiro atoms. The van der Waals surface area contributed by atoms with Gasteiger partial charge < -0.3 is 25.0 Å². The van der Waals surface area contributed by atoms with E-state index in [0.29, 0.717) is 16.9 Å². The molecule has 8 heteroatoms. The number of aliphatic hydroxyl groups excluding tert-OH is 3. The van der Waals surface area contributed by atoms with E-state index in [1.54, 1.807) is 0 Å².